The normalized spacial score (nSPS) is 15.7. The number of benzene rings is 1. The Morgan fingerprint density at radius 2 is 2.04 bits per heavy atom. The zero-order valence-corrected chi connectivity index (χ0v) is 16.3. The van der Waals surface area contributed by atoms with Crippen LogP contribution in [0.3, 0.4) is 0 Å². The van der Waals surface area contributed by atoms with E-state index in [1.807, 2.05) is 31.4 Å². The lowest BCUT2D eigenvalue weighted by Gasteiger charge is -2.13. The highest BCUT2D eigenvalue weighted by molar-refractivity contribution is 7.98. The number of halogens is 1. The van der Waals surface area contributed by atoms with Crippen LogP contribution in [0.5, 0.6) is 0 Å². The summed E-state index contributed by atoms with van der Waals surface area (Å²) in [5.41, 5.74) is 3.85. The molecule has 0 spiro atoms. The average Bonchev–Trinajstić information content (AvgIpc) is 3.13. The molecular formula is C21H24ClNOS. The molecule has 0 bridgehead atoms. The van der Waals surface area contributed by atoms with Crippen molar-refractivity contribution in [3.63, 3.8) is 0 Å². The SMILES string of the molecule is CCc1ccc(/C(=C\C2CCCC2)c2ccc(SC)c(Cl)c2)[nH]c1=O. The summed E-state index contributed by atoms with van der Waals surface area (Å²) in [4.78, 5) is 16.4. The molecule has 1 fully saturated rings. The van der Waals surface area contributed by atoms with Crippen molar-refractivity contribution in [3.8, 4) is 0 Å². The number of hydrogen-bond donors (Lipinski definition) is 1. The van der Waals surface area contributed by atoms with Gasteiger partial charge in [0, 0.05) is 21.7 Å². The van der Waals surface area contributed by atoms with Crippen molar-refractivity contribution in [1.29, 1.82) is 0 Å². The first-order valence-corrected chi connectivity index (χ1v) is 10.5. The summed E-state index contributed by atoms with van der Waals surface area (Å²) in [5.74, 6) is 0.573. The van der Waals surface area contributed by atoms with E-state index < -0.39 is 0 Å². The van der Waals surface area contributed by atoms with Crippen LogP contribution in [0.15, 0.2) is 46.1 Å². The van der Waals surface area contributed by atoms with Crippen LogP contribution in [0.4, 0.5) is 0 Å². The van der Waals surface area contributed by atoms with Crippen molar-refractivity contribution < 1.29 is 0 Å². The topological polar surface area (TPSA) is 32.9 Å². The van der Waals surface area contributed by atoms with Crippen LogP contribution in [0, 0.1) is 5.92 Å². The molecule has 0 saturated heterocycles. The Morgan fingerprint density at radius 3 is 2.64 bits per heavy atom. The third-order valence-corrected chi connectivity index (χ3v) is 6.15. The van der Waals surface area contributed by atoms with E-state index in [-0.39, 0.29) is 5.56 Å². The third-order valence-electron chi connectivity index (χ3n) is 4.93. The molecule has 1 aromatic heterocycles. The molecule has 2 aromatic rings. The third kappa shape index (κ3) is 4.21. The lowest BCUT2D eigenvalue weighted by molar-refractivity contribution is 0.687. The van der Waals surface area contributed by atoms with Gasteiger partial charge in [-0.15, -0.1) is 11.8 Å². The Balaban J connectivity index is 2.08. The monoisotopic (exact) mass is 373 g/mol. The second-order valence-corrected chi connectivity index (χ2v) is 7.81. The average molecular weight is 374 g/mol. The number of aromatic nitrogens is 1. The van der Waals surface area contributed by atoms with Gasteiger partial charge in [0.25, 0.3) is 5.56 Å². The molecule has 0 amide bonds. The summed E-state index contributed by atoms with van der Waals surface area (Å²) in [5, 5.41) is 0.759. The fourth-order valence-electron chi connectivity index (χ4n) is 3.47. The maximum Gasteiger partial charge on any atom is 0.251 e. The fraction of sp³-hybridized carbons (Fsp3) is 0.381. The predicted octanol–water partition coefficient (Wildman–Crippen LogP) is 5.93. The number of thioether (sulfide) groups is 1. The fourth-order valence-corrected chi connectivity index (χ4v) is 4.34. The largest absolute Gasteiger partial charge is 0.322 e. The minimum absolute atomic E-state index is 0.00385. The first-order chi connectivity index (χ1) is 12.1. The van der Waals surface area contributed by atoms with Crippen molar-refractivity contribution in [2.75, 3.05) is 6.26 Å². The van der Waals surface area contributed by atoms with Crippen molar-refractivity contribution >= 4 is 28.9 Å². The molecule has 1 saturated carbocycles. The van der Waals surface area contributed by atoms with Crippen molar-refractivity contribution in [2.45, 2.75) is 43.9 Å². The van der Waals surface area contributed by atoms with Gasteiger partial charge in [-0.05, 0) is 55.2 Å². The van der Waals surface area contributed by atoms with Gasteiger partial charge in [-0.1, -0.05) is 49.6 Å². The Bertz CT molecular complexity index is 834. The van der Waals surface area contributed by atoms with Gasteiger partial charge in [0.1, 0.15) is 0 Å². The lowest BCUT2D eigenvalue weighted by atomic mass is 9.95. The molecule has 1 aliphatic rings. The standard InChI is InChI=1S/C21H24ClNOS/c1-3-15-8-10-19(23-21(15)24)17(12-14-6-4-5-7-14)16-9-11-20(25-2)18(22)13-16/h8-14H,3-7H2,1-2H3,(H,23,24)/b17-12-. The summed E-state index contributed by atoms with van der Waals surface area (Å²) in [6, 6.07) is 10.1. The predicted molar refractivity (Wildman–Crippen MR) is 109 cm³/mol. The zero-order valence-electron chi connectivity index (χ0n) is 14.8. The minimum atomic E-state index is 0.00385. The van der Waals surface area contributed by atoms with Crippen LogP contribution < -0.4 is 5.56 Å². The van der Waals surface area contributed by atoms with E-state index in [1.165, 1.54) is 25.7 Å². The number of nitrogens with one attached hydrogen (secondary N) is 1. The van der Waals surface area contributed by atoms with Crippen LogP contribution in [0.25, 0.3) is 5.57 Å². The second kappa shape index (κ2) is 8.29. The molecule has 0 radical (unpaired) electrons. The van der Waals surface area contributed by atoms with Gasteiger partial charge in [0.2, 0.25) is 0 Å². The number of rotatable bonds is 5. The maximum absolute atomic E-state index is 12.3. The van der Waals surface area contributed by atoms with Crippen molar-refractivity contribution in [3.05, 3.63) is 68.6 Å². The molecule has 2 nitrogen and oxygen atoms in total. The quantitative estimate of drug-likeness (QED) is 0.658. The highest BCUT2D eigenvalue weighted by Crippen LogP contribution is 2.34. The van der Waals surface area contributed by atoms with Gasteiger partial charge in [-0.25, -0.2) is 0 Å². The van der Waals surface area contributed by atoms with E-state index in [9.17, 15) is 4.79 Å². The second-order valence-electron chi connectivity index (χ2n) is 6.55. The summed E-state index contributed by atoms with van der Waals surface area (Å²) < 4.78 is 0. The summed E-state index contributed by atoms with van der Waals surface area (Å²) in [7, 11) is 0. The smallest absolute Gasteiger partial charge is 0.251 e. The van der Waals surface area contributed by atoms with Crippen LogP contribution in [0.2, 0.25) is 5.02 Å². The summed E-state index contributed by atoms with van der Waals surface area (Å²) >= 11 is 8.08. The molecular weight excluding hydrogens is 350 g/mol. The number of pyridine rings is 1. The highest BCUT2D eigenvalue weighted by Gasteiger charge is 2.16. The molecule has 1 aliphatic carbocycles. The van der Waals surface area contributed by atoms with Crippen molar-refractivity contribution in [1.82, 2.24) is 4.98 Å². The number of aryl methyl sites for hydroxylation is 1. The molecule has 4 heteroatoms. The van der Waals surface area contributed by atoms with E-state index in [2.05, 4.69) is 23.2 Å². The van der Waals surface area contributed by atoms with E-state index in [0.717, 1.165) is 38.7 Å². The summed E-state index contributed by atoms with van der Waals surface area (Å²) in [6.45, 7) is 2.00. The molecule has 1 aromatic carbocycles. The Hall–Kier alpha value is -1.45. The lowest BCUT2D eigenvalue weighted by Crippen LogP contribution is -2.13. The van der Waals surface area contributed by atoms with Crippen LogP contribution in [-0.4, -0.2) is 11.2 Å². The first kappa shape index (κ1) is 18.3. The zero-order chi connectivity index (χ0) is 17.8. The van der Waals surface area contributed by atoms with E-state index in [0.29, 0.717) is 5.92 Å². The molecule has 25 heavy (non-hydrogen) atoms. The van der Waals surface area contributed by atoms with Crippen LogP contribution >= 0.6 is 23.4 Å². The number of aromatic amines is 1. The van der Waals surface area contributed by atoms with Gasteiger partial charge >= 0.3 is 0 Å². The van der Waals surface area contributed by atoms with Crippen LogP contribution in [-0.2, 0) is 6.42 Å². The Labute approximate surface area is 158 Å². The van der Waals surface area contributed by atoms with Crippen molar-refractivity contribution in [2.24, 2.45) is 5.92 Å². The number of H-pyrrole nitrogens is 1. The molecule has 1 heterocycles. The van der Waals surface area contributed by atoms with Gasteiger partial charge in [0.15, 0.2) is 0 Å². The summed E-state index contributed by atoms with van der Waals surface area (Å²) in [6.07, 6.45) is 10.1. The minimum Gasteiger partial charge on any atom is -0.322 e. The number of hydrogen-bond acceptors (Lipinski definition) is 2. The Kier molecular flexibility index (Phi) is 6.08. The van der Waals surface area contributed by atoms with Crippen LogP contribution in [0.1, 0.15) is 49.4 Å². The van der Waals surface area contributed by atoms with Gasteiger partial charge < -0.3 is 4.98 Å². The molecule has 0 aliphatic heterocycles. The van der Waals surface area contributed by atoms with Gasteiger partial charge in [0.05, 0.1) is 5.02 Å². The Morgan fingerprint density at radius 1 is 1.28 bits per heavy atom. The van der Waals surface area contributed by atoms with E-state index in [1.54, 1.807) is 11.8 Å². The molecule has 0 atom stereocenters. The highest BCUT2D eigenvalue weighted by atomic mass is 35.5. The van der Waals surface area contributed by atoms with E-state index >= 15 is 0 Å². The van der Waals surface area contributed by atoms with Gasteiger partial charge in [-0.2, -0.15) is 0 Å². The molecule has 132 valence electrons. The maximum atomic E-state index is 12.3. The molecule has 1 N–H and O–H groups in total. The van der Waals surface area contributed by atoms with E-state index in [4.69, 9.17) is 11.6 Å². The van der Waals surface area contributed by atoms with Gasteiger partial charge in [-0.3, -0.25) is 4.79 Å². The number of allylic oxidation sites excluding steroid dienone is 1. The molecule has 3 rings (SSSR count). The first-order valence-electron chi connectivity index (χ1n) is 8.90. The molecule has 0 unspecified atom stereocenters.